The van der Waals surface area contributed by atoms with Gasteiger partial charge in [0.15, 0.2) is 0 Å². The van der Waals surface area contributed by atoms with Crippen molar-refractivity contribution in [3.8, 4) is 0 Å². The molecule has 0 heterocycles. The van der Waals surface area contributed by atoms with Crippen LogP contribution in [0.2, 0.25) is 18.1 Å². The van der Waals surface area contributed by atoms with Crippen molar-refractivity contribution < 1.29 is 9.16 Å². The lowest BCUT2D eigenvalue weighted by Gasteiger charge is -2.34. The molecule has 0 bridgehead atoms. The molecular weight excluding hydrogens is 300 g/mol. The van der Waals surface area contributed by atoms with E-state index in [0.29, 0.717) is 0 Å². The van der Waals surface area contributed by atoms with E-state index in [-0.39, 0.29) is 6.10 Å². The van der Waals surface area contributed by atoms with E-state index in [9.17, 15) is 0 Å². The summed E-state index contributed by atoms with van der Waals surface area (Å²) >= 11 is 0. The van der Waals surface area contributed by atoms with Crippen molar-refractivity contribution in [1.29, 1.82) is 0 Å². The Hall–Kier alpha value is -0.703. The lowest BCUT2D eigenvalue weighted by atomic mass is 10.3. The number of rotatable bonds is 13. The fourth-order valence-corrected chi connectivity index (χ4v) is 7.88. The Morgan fingerprint density at radius 1 is 1.04 bits per heavy atom. The van der Waals surface area contributed by atoms with Gasteiger partial charge < -0.3 is 9.16 Å². The van der Waals surface area contributed by atoms with Gasteiger partial charge in [0, 0.05) is 0 Å². The third-order valence-electron chi connectivity index (χ3n) is 4.75. The lowest BCUT2D eigenvalue weighted by molar-refractivity contribution is 0.0621. The van der Waals surface area contributed by atoms with E-state index in [1.165, 1.54) is 56.7 Å². The molecule has 0 radical (unpaired) electrons. The molecule has 1 aliphatic carbocycles. The van der Waals surface area contributed by atoms with E-state index in [0.717, 1.165) is 18.8 Å². The average Bonchev–Trinajstić information content (AvgIpc) is 3.08. The quantitative estimate of drug-likeness (QED) is 0.205. The Labute approximate surface area is 145 Å². The number of allylic oxidation sites excluding steroid dienone is 2. The van der Waals surface area contributed by atoms with Crippen LogP contribution in [0.15, 0.2) is 24.2 Å². The summed E-state index contributed by atoms with van der Waals surface area (Å²) < 4.78 is 12.8. The van der Waals surface area contributed by atoms with Crippen molar-refractivity contribution >= 4 is 8.32 Å². The molecule has 0 saturated carbocycles. The van der Waals surface area contributed by atoms with Gasteiger partial charge in [-0.05, 0) is 50.0 Å². The van der Waals surface area contributed by atoms with Gasteiger partial charge in [-0.15, -0.1) is 0 Å². The SMILES string of the molecule is C/C=C(/O[C@H]1C=CCC1)O[Si](CCCC)(CCCC)CCCC. The van der Waals surface area contributed by atoms with Crippen molar-refractivity contribution in [2.45, 2.75) is 103 Å². The highest BCUT2D eigenvalue weighted by atomic mass is 28.4. The monoisotopic (exact) mass is 338 g/mol. The molecule has 0 aromatic rings. The molecule has 2 nitrogen and oxygen atoms in total. The molecule has 1 atom stereocenters. The smallest absolute Gasteiger partial charge is 0.261 e. The van der Waals surface area contributed by atoms with E-state index in [1.807, 2.05) is 13.0 Å². The third kappa shape index (κ3) is 7.60. The van der Waals surface area contributed by atoms with E-state index >= 15 is 0 Å². The molecule has 0 saturated heterocycles. The molecule has 0 fully saturated rings. The molecule has 3 heteroatoms. The van der Waals surface area contributed by atoms with E-state index in [4.69, 9.17) is 9.16 Å². The fraction of sp³-hybridized carbons (Fsp3) is 0.800. The van der Waals surface area contributed by atoms with Gasteiger partial charge in [-0.3, -0.25) is 0 Å². The Kier molecular flexibility index (Phi) is 10.4. The zero-order valence-corrected chi connectivity index (χ0v) is 16.9. The Bertz CT molecular complexity index is 341. The van der Waals surface area contributed by atoms with Crippen LogP contribution >= 0.6 is 0 Å². The van der Waals surface area contributed by atoms with Gasteiger partial charge in [0.2, 0.25) is 0 Å². The Morgan fingerprint density at radius 2 is 1.61 bits per heavy atom. The second-order valence-corrected chi connectivity index (χ2v) is 10.9. The first kappa shape index (κ1) is 20.3. The van der Waals surface area contributed by atoms with Crippen LogP contribution in [0, 0.1) is 0 Å². The normalized spacial score (nSPS) is 18.4. The summed E-state index contributed by atoms with van der Waals surface area (Å²) in [5.74, 6) is 0.802. The van der Waals surface area contributed by atoms with Crippen molar-refractivity contribution in [2.75, 3.05) is 0 Å². The molecular formula is C20H38O2Si. The standard InChI is InChI=1S/C20H38O2Si/c1-5-9-16-23(17-10-6-2,18-11-7-3)22-20(8-4)21-19-14-12-13-15-19/h8,12,14,19H,5-7,9-11,13,15-18H2,1-4H3/b20-8-/t19-/m0/s1. The van der Waals surface area contributed by atoms with Crippen LogP contribution in [0.5, 0.6) is 0 Å². The minimum absolute atomic E-state index is 0.219. The van der Waals surface area contributed by atoms with Crippen LogP contribution in [-0.2, 0) is 9.16 Å². The molecule has 1 aliphatic rings. The largest absolute Gasteiger partial charge is 0.519 e. The van der Waals surface area contributed by atoms with Crippen molar-refractivity contribution in [2.24, 2.45) is 0 Å². The number of hydrogen-bond donors (Lipinski definition) is 0. The van der Waals surface area contributed by atoms with E-state index in [2.05, 4.69) is 32.9 Å². The van der Waals surface area contributed by atoms with Gasteiger partial charge in [-0.2, -0.15) is 0 Å². The number of ether oxygens (including phenoxy) is 1. The van der Waals surface area contributed by atoms with Crippen molar-refractivity contribution in [1.82, 2.24) is 0 Å². The van der Waals surface area contributed by atoms with Crippen LogP contribution in [0.3, 0.4) is 0 Å². The predicted molar refractivity (Wildman–Crippen MR) is 103 cm³/mol. The molecule has 0 unspecified atom stereocenters. The van der Waals surface area contributed by atoms with E-state index < -0.39 is 8.32 Å². The summed E-state index contributed by atoms with van der Waals surface area (Å²) in [6.45, 7) is 8.91. The molecule has 23 heavy (non-hydrogen) atoms. The summed E-state index contributed by atoms with van der Waals surface area (Å²) in [4.78, 5) is 0. The van der Waals surface area contributed by atoms with Crippen LogP contribution in [0.4, 0.5) is 0 Å². The number of unbranched alkanes of at least 4 members (excludes halogenated alkanes) is 3. The maximum absolute atomic E-state index is 6.70. The molecule has 0 N–H and O–H groups in total. The fourth-order valence-electron chi connectivity index (χ4n) is 3.24. The maximum atomic E-state index is 6.70. The lowest BCUT2D eigenvalue weighted by Crippen LogP contribution is -2.38. The third-order valence-corrected chi connectivity index (χ3v) is 9.18. The molecule has 134 valence electrons. The van der Waals surface area contributed by atoms with Gasteiger partial charge in [-0.25, -0.2) is 0 Å². The zero-order chi connectivity index (χ0) is 17.0. The second-order valence-electron chi connectivity index (χ2n) is 6.87. The zero-order valence-electron chi connectivity index (χ0n) is 15.9. The average molecular weight is 339 g/mol. The highest BCUT2D eigenvalue weighted by Gasteiger charge is 2.36. The van der Waals surface area contributed by atoms with Gasteiger partial charge in [0.25, 0.3) is 14.3 Å². The predicted octanol–water partition coefficient (Wildman–Crippen LogP) is 6.95. The Morgan fingerprint density at radius 3 is 2.00 bits per heavy atom. The van der Waals surface area contributed by atoms with Gasteiger partial charge in [0.1, 0.15) is 6.10 Å². The highest BCUT2D eigenvalue weighted by Crippen LogP contribution is 2.32. The summed E-state index contributed by atoms with van der Waals surface area (Å²) in [6.07, 6.45) is 16.5. The minimum atomic E-state index is -1.73. The topological polar surface area (TPSA) is 18.5 Å². The van der Waals surface area contributed by atoms with Gasteiger partial charge in [0.05, 0.1) is 0 Å². The van der Waals surface area contributed by atoms with Crippen LogP contribution in [-0.4, -0.2) is 14.4 Å². The first-order chi connectivity index (χ1) is 11.2. The molecule has 1 rings (SSSR count). The second kappa shape index (κ2) is 11.8. The first-order valence-electron chi connectivity index (χ1n) is 9.88. The van der Waals surface area contributed by atoms with Crippen LogP contribution in [0.1, 0.15) is 79.1 Å². The first-order valence-corrected chi connectivity index (χ1v) is 12.4. The Balaban J connectivity index is 2.77. The van der Waals surface area contributed by atoms with Crippen molar-refractivity contribution in [3.05, 3.63) is 24.2 Å². The molecule has 0 spiro atoms. The van der Waals surface area contributed by atoms with Crippen molar-refractivity contribution in [3.63, 3.8) is 0 Å². The van der Waals surface area contributed by atoms with Crippen LogP contribution < -0.4 is 0 Å². The molecule has 0 aliphatic heterocycles. The maximum Gasteiger partial charge on any atom is 0.261 e. The summed E-state index contributed by atoms with van der Waals surface area (Å²) in [6, 6.07) is 3.85. The van der Waals surface area contributed by atoms with Gasteiger partial charge in [-0.1, -0.05) is 65.4 Å². The number of hydrogen-bond acceptors (Lipinski definition) is 2. The van der Waals surface area contributed by atoms with E-state index in [1.54, 1.807) is 0 Å². The molecule has 0 amide bonds. The minimum Gasteiger partial charge on any atom is -0.519 e. The molecule has 0 aromatic heterocycles. The highest BCUT2D eigenvalue weighted by molar-refractivity contribution is 6.74. The summed E-state index contributed by atoms with van der Waals surface area (Å²) in [5.41, 5.74) is 0. The summed E-state index contributed by atoms with van der Waals surface area (Å²) in [7, 11) is -1.73. The molecule has 0 aromatic carbocycles. The van der Waals surface area contributed by atoms with Gasteiger partial charge >= 0.3 is 0 Å². The summed E-state index contributed by atoms with van der Waals surface area (Å²) in [5, 5.41) is 0. The van der Waals surface area contributed by atoms with Crippen LogP contribution in [0.25, 0.3) is 0 Å².